The molecule has 1 aromatic heterocycles. The van der Waals surface area contributed by atoms with E-state index >= 15 is 0 Å². The summed E-state index contributed by atoms with van der Waals surface area (Å²) < 4.78 is 18.6. The molecule has 40 heavy (non-hydrogen) atoms. The first-order valence-corrected chi connectivity index (χ1v) is 14.6. The van der Waals surface area contributed by atoms with E-state index in [0.29, 0.717) is 43.6 Å². The molecule has 1 saturated heterocycles. The second kappa shape index (κ2) is 10.5. The third kappa shape index (κ3) is 4.94. The number of aryl methyl sites for hydroxylation is 1. The first-order chi connectivity index (χ1) is 19.2. The van der Waals surface area contributed by atoms with Gasteiger partial charge in [-0.3, -0.25) is 14.5 Å². The van der Waals surface area contributed by atoms with Gasteiger partial charge in [0.15, 0.2) is 11.5 Å². The van der Waals surface area contributed by atoms with Crippen molar-refractivity contribution in [1.29, 1.82) is 0 Å². The van der Waals surface area contributed by atoms with Crippen LogP contribution in [0.4, 0.5) is 5.82 Å². The number of morpholine rings is 1. The van der Waals surface area contributed by atoms with Crippen molar-refractivity contribution in [2.24, 2.45) is 0 Å². The van der Waals surface area contributed by atoms with Gasteiger partial charge < -0.3 is 19.1 Å². The van der Waals surface area contributed by atoms with Crippen LogP contribution >= 0.6 is 11.8 Å². The predicted octanol–water partition coefficient (Wildman–Crippen LogP) is 4.23. The number of rotatable bonds is 4. The number of fused-ring (bicyclic) bond motifs is 2. The molecule has 1 fully saturated rings. The van der Waals surface area contributed by atoms with Crippen LogP contribution < -0.4 is 14.4 Å². The third-order valence-corrected chi connectivity index (χ3v) is 8.66. The standard InChI is InChI=1S/C30H34N4O5S/c1-19-6-5-7-21(14-19)34-29-26(28(31-34)30(2,3)4)27(20-8-9-22-23(15-20)39-18-38-22)40-17-25(36)33(29)16-24(35)32-10-12-37-13-11-32/h5-9,14-15,27H,10-13,16-18H2,1-4H3. The van der Waals surface area contributed by atoms with E-state index in [9.17, 15) is 9.59 Å². The molecule has 6 rings (SSSR count). The van der Waals surface area contributed by atoms with E-state index in [2.05, 4.69) is 26.8 Å². The summed E-state index contributed by atoms with van der Waals surface area (Å²) in [6.07, 6.45) is 0. The molecule has 2 amide bonds. The number of hydrogen-bond donors (Lipinski definition) is 0. The van der Waals surface area contributed by atoms with E-state index in [1.165, 1.54) is 0 Å². The quantitative estimate of drug-likeness (QED) is 0.470. The first kappa shape index (κ1) is 26.7. The molecule has 1 atom stereocenters. The normalized spacial score (nSPS) is 19.0. The van der Waals surface area contributed by atoms with Crippen LogP contribution in [0, 0.1) is 6.92 Å². The minimum atomic E-state index is -0.332. The molecule has 3 aliphatic rings. The second-order valence-corrected chi connectivity index (χ2v) is 12.5. The van der Waals surface area contributed by atoms with Crippen LogP contribution in [0.3, 0.4) is 0 Å². The molecule has 3 aromatic rings. The van der Waals surface area contributed by atoms with Gasteiger partial charge in [-0.05, 0) is 42.3 Å². The maximum absolute atomic E-state index is 13.9. The van der Waals surface area contributed by atoms with Gasteiger partial charge >= 0.3 is 0 Å². The fourth-order valence-corrected chi connectivity index (χ4v) is 6.59. The Hall–Kier alpha value is -3.50. The smallest absolute Gasteiger partial charge is 0.242 e. The minimum absolute atomic E-state index is 0.0542. The molecule has 0 bridgehead atoms. The fraction of sp³-hybridized carbons (Fsp3) is 0.433. The predicted molar refractivity (Wildman–Crippen MR) is 154 cm³/mol. The monoisotopic (exact) mass is 562 g/mol. The number of hydrogen-bond acceptors (Lipinski definition) is 7. The zero-order valence-corrected chi connectivity index (χ0v) is 24.1. The number of ether oxygens (including phenoxy) is 3. The summed E-state index contributed by atoms with van der Waals surface area (Å²) in [6, 6.07) is 14.0. The molecular formula is C30H34N4O5S. The van der Waals surface area contributed by atoms with Gasteiger partial charge in [-0.25, -0.2) is 4.68 Å². The number of carbonyl (C=O) groups excluding carboxylic acids is 2. The van der Waals surface area contributed by atoms with Gasteiger partial charge in [-0.1, -0.05) is 39.0 Å². The Bertz CT molecular complexity index is 1460. The Morgan fingerprint density at radius 1 is 1.07 bits per heavy atom. The number of anilines is 1. The summed E-state index contributed by atoms with van der Waals surface area (Å²) in [7, 11) is 0. The van der Waals surface area contributed by atoms with Crippen LogP contribution in [0.25, 0.3) is 5.69 Å². The third-order valence-electron chi connectivity index (χ3n) is 7.40. The molecule has 3 aliphatic heterocycles. The summed E-state index contributed by atoms with van der Waals surface area (Å²) in [5.74, 6) is 2.06. The van der Waals surface area contributed by atoms with Crippen LogP contribution in [0.15, 0.2) is 42.5 Å². The average Bonchev–Trinajstić information content (AvgIpc) is 3.54. The molecule has 9 nitrogen and oxygen atoms in total. The highest BCUT2D eigenvalue weighted by Gasteiger charge is 2.40. The van der Waals surface area contributed by atoms with Crippen LogP contribution in [-0.2, 0) is 19.7 Å². The van der Waals surface area contributed by atoms with E-state index in [1.807, 2.05) is 48.0 Å². The van der Waals surface area contributed by atoms with E-state index in [1.54, 1.807) is 21.6 Å². The van der Waals surface area contributed by atoms with Crippen molar-refractivity contribution < 1.29 is 23.8 Å². The van der Waals surface area contributed by atoms with E-state index in [-0.39, 0.29) is 41.6 Å². The summed E-state index contributed by atoms with van der Waals surface area (Å²) in [4.78, 5) is 30.9. The zero-order valence-electron chi connectivity index (χ0n) is 23.3. The number of aromatic nitrogens is 2. The first-order valence-electron chi connectivity index (χ1n) is 13.6. The topological polar surface area (TPSA) is 86.1 Å². The van der Waals surface area contributed by atoms with Crippen LogP contribution in [0.1, 0.15) is 48.4 Å². The number of amides is 2. The second-order valence-electron chi connectivity index (χ2n) is 11.4. The highest BCUT2D eigenvalue weighted by molar-refractivity contribution is 8.00. The Balaban J connectivity index is 1.55. The lowest BCUT2D eigenvalue weighted by Crippen LogP contribution is -2.48. The van der Waals surface area contributed by atoms with E-state index < -0.39 is 0 Å². The lowest BCUT2D eigenvalue weighted by atomic mass is 9.87. The number of benzene rings is 2. The maximum Gasteiger partial charge on any atom is 0.242 e. The molecule has 0 saturated carbocycles. The van der Waals surface area contributed by atoms with Gasteiger partial charge in [0.05, 0.1) is 35.6 Å². The number of thioether (sulfide) groups is 1. The lowest BCUT2D eigenvalue weighted by molar-refractivity contribution is -0.134. The van der Waals surface area contributed by atoms with Crippen molar-refractivity contribution in [1.82, 2.24) is 14.7 Å². The maximum atomic E-state index is 13.9. The summed E-state index contributed by atoms with van der Waals surface area (Å²) in [5, 5.41) is 4.97. The van der Waals surface area contributed by atoms with Crippen molar-refractivity contribution in [3.63, 3.8) is 0 Å². The lowest BCUT2D eigenvalue weighted by Gasteiger charge is -2.30. The van der Waals surface area contributed by atoms with Gasteiger partial charge in [-0.15, -0.1) is 11.8 Å². The van der Waals surface area contributed by atoms with Crippen molar-refractivity contribution in [3.05, 3.63) is 64.8 Å². The Labute approximate surface area is 238 Å². The van der Waals surface area contributed by atoms with Crippen molar-refractivity contribution >= 4 is 29.4 Å². The molecule has 10 heteroatoms. The largest absolute Gasteiger partial charge is 0.454 e. The Morgan fingerprint density at radius 3 is 2.60 bits per heavy atom. The number of carbonyl (C=O) groups is 2. The summed E-state index contributed by atoms with van der Waals surface area (Å²) in [5.41, 5.74) is 4.42. The fourth-order valence-electron chi connectivity index (χ4n) is 5.40. The molecule has 0 aliphatic carbocycles. The molecule has 2 aromatic carbocycles. The van der Waals surface area contributed by atoms with Gasteiger partial charge in [0, 0.05) is 24.1 Å². The van der Waals surface area contributed by atoms with Gasteiger partial charge in [-0.2, -0.15) is 5.10 Å². The van der Waals surface area contributed by atoms with Crippen LogP contribution in [-0.4, -0.2) is 71.9 Å². The Kier molecular flexibility index (Phi) is 7.00. The van der Waals surface area contributed by atoms with Crippen molar-refractivity contribution in [3.8, 4) is 17.2 Å². The molecule has 1 unspecified atom stereocenters. The summed E-state index contributed by atoms with van der Waals surface area (Å²) >= 11 is 1.56. The van der Waals surface area contributed by atoms with Crippen LogP contribution in [0.5, 0.6) is 11.5 Å². The van der Waals surface area contributed by atoms with Crippen LogP contribution in [0.2, 0.25) is 0 Å². The van der Waals surface area contributed by atoms with E-state index in [4.69, 9.17) is 19.3 Å². The Morgan fingerprint density at radius 2 is 1.85 bits per heavy atom. The van der Waals surface area contributed by atoms with E-state index in [0.717, 1.165) is 28.1 Å². The van der Waals surface area contributed by atoms with Crippen molar-refractivity contribution in [2.45, 2.75) is 38.4 Å². The molecule has 0 radical (unpaired) electrons. The average molecular weight is 563 g/mol. The van der Waals surface area contributed by atoms with Gasteiger partial charge in [0.25, 0.3) is 0 Å². The molecule has 0 N–H and O–H groups in total. The minimum Gasteiger partial charge on any atom is -0.454 e. The van der Waals surface area contributed by atoms with Gasteiger partial charge in [0.1, 0.15) is 12.4 Å². The van der Waals surface area contributed by atoms with Crippen molar-refractivity contribution in [2.75, 3.05) is 50.3 Å². The summed E-state index contributed by atoms with van der Waals surface area (Å²) in [6.45, 7) is 10.6. The molecular weight excluding hydrogens is 528 g/mol. The molecule has 210 valence electrons. The van der Waals surface area contributed by atoms with Gasteiger partial charge in [0.2, 0.25) is 18.6 Å². The molecule has 4 heterocycles. The SMILES string of the molecule is Cc1cccc(-n2nc(C(C)(C)C)c3c2N(CC(=O)N2CCOCC2)C(=O)CSC3c2ccc3c(c2)OCO3)c1. The number of nitrogens with zero attached hydrogens (tertiary/aromatic N) is 4. The highest BCUT2D eigenvalue weighted by atomic mass is 32.2. The highest BCUT2D eigenvalue weighted by Crippen LogP contribution is 2.50. The molecule has 0 spiro atoms. The zero-order chi connectivity index (χ0) is 28.0.